The molecule has 1 fully saturated rings. The third-order valence-electron chi connectivity index (χ3n) is 8.31. The van der Waals surface area contributed by atoms with E-state index in [2.05, 4.69) is 4.90 Å². The maximum absolute atomic E-state index is 14.4. The van der Waals surface area contributed by atoms with Crippen molar-refractivity contribution in [3.8, 4) is 11.5 Å². The quantitative estimate of drug-likeness (QED) is 0.357. The van der Waals surface area contributed by atoms with Crippen molar-refractivity contribution in [2.75, 3.05) is 51.8 Å². The van der Waals surface area contributed by atoms with Crippen molar-refractivity contribution < 1.29 is 24.0 Å². The minimum atomic E-state index is -0.558. The number of anilines is 1. The Bertz CT molecular complexity index is 1480. The van der Waals surface area contributed by atoms with Crippen molar-refractivity contribution in [2.24, 2.45) is 0 Å². The highest BCUT2D eigenvalue weighted by Crippen LogP contribution is 2.49. The molecule has 0 N–H and O–H groups in total. The molecule has 3 aromatic rings. The Morgan fingerprint density at radius 2 is 1.57 bits per heavy atom. The molecule has 10 heteroatoms. The molecule has 10 nitrogen and oxygen atoms in total. The molecule has 0 spiro atoms. The monoisotopic (exact) mass is 542 g/mol. The third-order valence-corrected chi connectivity index (χ3v) is 8.31. The molecule has 3 aliphatic heterocycles. The van der Waals surface area contributed by atoms with Crippen LogP contribution in [0.1, 0.15) is 39.0 Å². The molecule has 3 aliphatic rings. The molecule has 0 saturated carbocycles. The van der Waals surface area contributed by atoms with Crippen molar-refractivity contribution in [1.29, 1.82) is 0 Å². The molecule has 6 rings (SSSR count). The number of hydrogen-bond donors (Lipinski definition) is 0. The first-order chi connectivity index (χ1) is 19.4. The van der Waals surface area contributed by atoms with Crippen LogP contribution in [0.3, 0.4) is 0 Å². The summed E-state index contributed by atoms with van der Waals surface area (Å²) in [5.74, 6) is 0.561. The molecule has 206 valence electrons. The van der Waals surface area contributed by atoms with Gasteiger partial charge in [-0.15, -0.1) is 0 Å². The van der Waals surface area contributed by atoms with Gasteiger partial charge in [-0.1, -0.05) is 18.2 Å². The van der Waals surface area contributed by atoms with E-state index in [0.29, 0.717) is 56.2 Å². The first-order valence-electron chi connectivity index (χ1n) is 13.3. The van der Waals surface area contributed by atoms with Crippen LogP contribution in [0.4, 0.5) is 11.4 Å². The summed E-state index contributed by atoms with van der Waals surface area (Å²) in [7, 11) is 3.18. The molecular weight excluding hydrogens is 512 g/mol. The number of nitro groups is 1. The predicted octanol–water partition coefficient (Wildman–Crippen LogP) is 3.80. The van der Waals surface area contributed by atoms with E-state index in [1.54, 1.807) is 26.4 Å². The van der Waals surface area contributed by atoms with E-state index in [0.717, 1.165) is 22.4 Å². The number of carbonyl (C=O) groups excluding carboxylic acids is 2. The SMILES string of the molecule is COc1cc2c(cc1OC)[C@@H]1[C@H](C(=O)N3CCN(c4ccc([N+](=O)[O-])cc4)CC3)c3ccccc3C(=O)N1CC2. The zero-order valence-electron chi connectivity index (χ0n) is 22.4. The van der Waals surface area contributed by atoms with Crippen molar-refractivity contribution >= 4 is 23.2 Å². The Hall–Kier alpha value is -4.60. The van der Waals surface area contributed by atoms with Crippen LogP contribution in [-0.4, -0.2) is 73.5 Å². The minimum Gasteiger partial charge on any atom is -0.493 e. The fourth-order valence-corrected chi connectivity index (χ4v) is 6.29. The lowest BCUT2D eigenvalue weighted by Gasteiger charge is -2.47. The molecule has 2 amide bonds. The van der Waals surface area contributed by atoms with Gasteiger partial charge in [0.25, 0.3) is 11.6 Å². The van der Waals surface area contributed by atoms with Crippen LogP contribution in [0.5, 0.6) is 11.5 Å². The summed E-state index contributed by atoms with van der Waals surface area (Å²) >= 11 is 0. The molecule has 40 heavy (non-hydrogen) atoms. The Balaban J connectivity index is 1.32. The Kier molecular flexibility index (Phi) is 6.53. The second-order valence-corrected chi connectivity index (χ2v) is 10.3. The lowest BCUT2D eigenvalue weighted by Crippen LogP contribution is -2.54. The number of methoxy groups -OCH3 is 2. The fraction of sp³-hybridized carbons (Fsp3) is 0.333. The van der Waals surface area contributed by atoms with Gasteiger partial charge in [0, 0.05) is 56.1 Å². The average Bonchev–Trinajstić information content (AvgIpc) is 3.00. The number of ether oxygens (including phenoxy) is 2. The summed E-state index contributed by atoms with van der Waals surface area (Å²) in [6, 6.07) is 17.3. The predicted molar refractivity (Wildman–Crippen MR) is 148 cm³/mol. The van der Waals surface area contributed by atoms with E-state index in [1.165, 1.54) is 12.1 Å². The van der Waals surface area contributed by atoms with Gasteiger partial charge in [-0.25, -0.2) is 0 Å². The van der Waals surface area contributed by atoms with Gasteiger partial charge in [0.05, 0.1) is 31.1 Å². The van der Waals surface area contributed by atoms with Crippen LogP contribution in [-0.2, 0) is 11.2 Å². The molecule has 0 unspecified atom stereocenters. The Morgan fingerprint density at radius 3 is 2.25 bits per heavy atom. The number of piperazine rings is 1. The van der Waals surface area contributed by atoms with Gasteiger partial charge in [-0.2, -0.15) is 0 Å². The third kappa shape index (κ3) is 4.20. The fourth-order valence-electron chi connectivity index (χ4n) is 6.29. The van der Waals surface area contributed by atoms with Crippen molar-refractivity contribution in [3.63, 3.8) is 0 Å². The Morgan fingerprint density at radius 1 is 0.900 bits per heavy atom. The number of non-ortho nitro benzene ring substituents is 1. The first kappa shape index (κ1) is 25.7. The zero-order valence-corrected chi connectivity index (χ0v) is 22.4. The number of carbonyl (C=O) groups is 2. The molecule has 3 heterocycles. The number of hydrogen-bond acceptors (Lipinski definition) is 7. The Labute approximate surface area is 231 Å². The van der Waals surface area contributed by atoms with Gasteiger partial charge < -0.3 is 24.2 Å². The molecular formula is C30H30N4O6. The molecule has 2 atom stereocenters. The molecule has 3 aromatic carbocycles. The van der Waals surface area contributed by atoms with Gasteiger partial charge in [0.15, 0.2) is 11.5 Å². The van der Waals surface area contributed by atoms with Crippen LogP contribution >= 0.6 is 0 Å². The number of rotatable bonds is 5. The number of nitrogens with zero attached hydrogens (tertiary/aromatic N) is 4. The molecule has 0 bridgehead atoms. The van der Waals surface area contributed by atoms with Crippen LogP contribution < -0.4 is 14.4 Å². The van der Waals surface area contributed by atoms with Crippen LogP contribution in [0.25, 0.3) is 0 Å². The van der Waals surface area contributed by atoms with E-state index in [1.807, 2.05) is 46.2 Å². The number of fused-ring (bicyclic) bond motifs is 4. The van der Waals surface area contributed by atoms with Crippen LogP contribution in [0, 0.1) is 10.1 Å². The zero-order chi connectivity index (χ0) is 28.0. The normalized spacial score (nSPS) is 19.9. The van der Waals surface area contributed by atoms with Gasteiger partial charge >= 0.3 is 0 Å². The summed E-state index contributed by atoms with van der Waals surface area (Å²) in [5.41, 5.74) is 4.22. The molecule has 1 saturated heterocycles. The van der Waals surface area contributed by atoms with Crippen LogP contribution in [0.2, 0.25) is 0 Å². The summed E-state index contributed by atoms with van der Waals surface area (Å²) in [6.45, 7) is 2.74. The highest BCUT2D eigenvalue weighted by molar-refractivity contribution is 6.01. The largest absolute Gasteiger partial charge is 0.493 e. The number of nitro benzene ring substituents is 1. The number of amides is 2. The van der Waals surface area contributed by atoms with E-state index < -0.39 is 16.9 Å². The van der Waals surface area contributed by atoms with Gasteiger partial charge in [0.2, 0.25) is 5.91 Å². The lowest BCUT2D eigenvalue weighted by atomic mass is 9.75. The van der Waals surface area contributed by atoms with E-state index in [9.17, 15) is 19.7 Å². The highest BCUT2D eigenvalue weighted by atomic mass is 16.6. The summed E-state index contributed by atoms with van der Waals surface area (Å²) in [5, 5.41) is 11.0. The first-order valence-corrected chi connectivity index (χ1v) is 13.3. The standard InChI is InChI=1S/C30H30N4O6/c1-39-25-17-19-11-12-33-28(24(19)18-26(25)40-2)27(22-5-3-4-6-23(22)29(33)35)30(36)32-15-13-31(14-16-32)20-7-9-21(10-8-20)34(37)38/h3-10,17-18,27-28H,11-16H2,1-2H3/t27-,28-/m1/s1. The van der Waals surface area contributed by atoms with Crippen molar-refractivity contribution in [3.05, 3.63) is 93.0 Å². The van der Waals surface area contributed by atoms with E-state index in [4.69, 9.17) is 9.47 Å². The second kappa shape index (κ2) is 10.2. The molecule has 0 aliphatic carbocycles. The van der Waals surface area contributed by atoms with Crippen molar-refractivity contribution in [1.82, 2.24) is 9.80 Å². The summed E-state index contributed by atoms with van der Waals surface area (Å²) in [6.07, 6.45) is 0.662. The smallest absolute Gasteiger partial charge is 0.269 e. The van der Waals surface area contributed by atoms with E-state index >= 15 is 0 Å². The second-order valence-electron chi connectivity index (χ2n) is 10.3. The van der Waals surface area contributed by atoms with Crippen molar-refractivity contribution in [2.45, 2.75) is 18.4 Å². The highest BCUT2D eigenvalue weighted by Gasteiger charge is 2.48. The van der Waals surface area contributed by atoms with Crippen LogP contribution in [0.15, 0.2) is 60.7 Å². The average molecular weight is 543 g/mol. The van der Waals surface area contributed by atoms with E-state index in [-0.39, 0.29) is 17.5 Å². The lowest BCUT2D eigenvalue weighted by molar-refractivity contribution is -0.384. The summed E-state index contributed by atoms with van der Waals surface area (Å²) in [4.78, 5) is 44.5. The van der Waals surface area contributed by atoms with Gasteiger partial charge in [-0.05, 0) is 53.4 Å². The maximum atomic E-state index is 14.4. The topological polar surface area (TPSA) is 105 Å². The number of benzene rings is 3. The van der Waals surface area contributed by atoms with Gasteiger partial charge in [0.1, 0.15) is 0 Å². The molecule has 0 aromatic heterocycles. The molecule has 0 radical (unpaired) electrons. The maximum Gasteiger partial charge on any atom is 0.269 e. The van der Waals surface area contributed by atoms with Gasteiger partial charge in [-0.3, -0.25) is 19.7 Å². The summed E-state index contributed by atoms with van der Waals surface area (Å²) < 4.78 is 11.1. The minimum absolute atomic E-state index is 0.0130.